The molecule has 2 amide bonds. The van der Waals surface area contributed by atoms with Gasteiger partial charge in [-0.1, -0.05) is 43.3 Å². The van der Waals surface area contributed by atoms with E-state index >= 15 is 0 Å². The second-order valence-corrected chi connectivity index (χ2v) is 8.39. The van der Waals surface area contributed by atoms with E-state index in [9.17, 15) is 9.59 Å². The Morgan fingerprint density at radius 1 is 0.969 bits per heavy atom. The fourth-order valence-electron chi connectivity index (χ4n) is 3.91. The van der Waals surface area contributed by atoms with E-state index in [1.165, 1.54) is 0 Å². The number of aryl methyl sites for hydroxylation is 1. The first-order chi connectivity index (χ1) is 15.5. The molecule has 0 aliphatic carbocycles. The minimum absolute atomic E-state index is 0.0124. The van der Waals surface area contributed by atoms with Crippen LogP contribution < -0.4 is 14.8 Å². The summed E-state index contributed by atoms with van der Waals surface area (Å²) in [5, 5.41) is 2.97. The highest BCUT2D eigenvalue weighted by Gasteiger charge is 2.28. The van der Waals surface area contributed by atoms with Crippen LogP contribution in [-0.2, 0) is 22.4 Å². The van der Waals surface area contributed by atoms with Crippen molar-refractivity contribution in [2.24, 2.45) is 0 Å². The molecular weight excluding hydrogens is 404 g/mol. The summed E-state index contributed by atoms with van der Waals surface area (Å²) in [7, 11) is 0. The van der Waals surface area contributed by atoms with Crippen LogP contribution in [0.1, 0.15) is 44.7 Å². The zero-order valence-electron chi connectivity index (χ0n) is 19.3. The van der Waals surface area contributed by atoms with E-state index in [1.54, 1.807) is 4.90 Å². The number of nitrogens with zero attached hydrogens (tertiary/aromatic N) is 1. The number of carbonyl (C=O) groups excluding carboxylic acids is 2. The molecule has 172 valence electrons. The predicted octanol–water partition coefficient (Wildman–Crippen LogP) is 3.76. The van der Waals surface area contributed by atoms with Crippen molar-refractivity contribution in [1.29, 1.82) is 0 Å². The van der Waals surface area contributed by atoms with E-state index in [-0.39, 0.29) is 17.9 Å². The number of nitrogens with one attached hydrogen (secondary N) is 1. The summed E-state index contributed by atoms with van der Waals surface area (Å²) >= 11 is 0. The maximum absolute atomic E-state index is 13.3. The van der Waals surface area contributed by atoms with Gasteiger partial charge in [-0.05, 0) is 56.4 Å². The van der Waals surface area contributed by atoms with E-state index < -0.39 is 6.04 Å². The van der Waals surface area contributed by atoms with E-state index in [0.717, 1.165) is 22.6 Å². The van der Waals surface area contributed by atoms with Crippen molar-refractivity contribution in [3.05, 3.63) is 59.7 Å². The lowest BCUT2D eigenvalue weighted by atomic mass is 10.0. The Kier molecular flexibility index (Phi) is 8.54. The molecule has 3 rings (SSSR count). The minimum Gasteiger partial charge on any atom is -0.486 e. The van der Waals surface area contributed by atoms with Gasteiger partial charge >= 0.3 is 0 Å². The van der Waals surface area contributed by atoms with Gasteiger partial charge in [0.15, 0.2) is 11.5 Å². The maximum atomic E-state index is 13.3. The van der Waals surface area contributed by atoms with Crippen LogP contribution in [-0.4, -0.2) is 48.6 Å². The fraction of sp³-hybridized carbons (Fsp3) is 0.462. The monoisotopic (exact) mass is 438 g/mol. The first kappa shape index (κ1) is 23.6. The number of fused-ring (bicyclic) bond motifs is 1. The van der Waals surface area contributed by atoms with Gasteiger partial charge in [0.2, 0.25) is 11.8 Å². The molecule has 32 heavy (non-hydrogen) atoms. The normalized spacial score (nSPS) is 13.5. The van der Waals surface area contributed by atoms with Gasteiger partial charge < -0.3 is 19.7 Å². The number of rotatable bonds is 10. The van der Waals surface area contributed by atoms with Gasteiger partial charge in [0.1, 0.15) is 19.3 Å². The molecule has 1 heterocycles. The van der Waals surface area contributed by atoms with E-state index in [0.29, 0.717) is 45.4 Å². The molecule has 0 saturated heterocycles. The third-order valence-electron chi connectivity index (χ3n) is 5.54. The summed E-state index contributed by atoms with van der Waals surface area (Å²) < 4.78 is 11.2. The summed E-state index contributed by atoms with van der Waals surface area (Å²) in [6.45, 7) is 7.41. The molecule has 6 nitrogen and oxygen atoms in total. The first-order valence-corrected chi connectivity index (χ1v) is 11.5. The van der Waals surface area contributed by atoms with Crippen LogP contribution in [0, 0.1) is 0 Å². The highest BCUT2D eigenvalue weighted by molar-refractivity contribution is 5.87. The molecule has 1 unspecified atom stereocenters. The van der Waals surface area contributed by atoms with Crippen molar-refractivity contribution in [2.75, 3.05) is 19.8 Å². The lowest BCUT2D eigenvalue weighted by molar-refractivity contribution is -0.140. The Hall–Kier alpha value is -3.02. The average molecular weight is 439 g/mol. The lowest BCUT2D eigenvalue weighted by Crippen LogP contribution is -2.51. The van der Waals surface area contributed by atoms with Gasteiger partial charge in [-0.25, -0.2) is 0 Å². The van der Waals surface area contributed by atoms with Crippen LogP contribution in [0.3, 0.4) is 0 Å². The van der Waals surface area contributed by atoms with Crippen LogP contribution in [0.15, 0.2) is 48.5 Å². The van der Waals surface area contributed by atoms with Crippen molar-refractivity contribution in [1.82, 2.24) is 10.2 Å². The van der Waals surface area contributed by atoms with Gasteiger partial charge in [-0.3, -0.25) is 9.59 Å². The highest BCUT2D eigenvalue weighted by Crippen LogP contribution is 2.31. The Bertz CT molecular complexity index is 898. The Balaban J connectivity index is 1.70. The van der Waals surface area contributed by atoms with Crippen molar-refractivity contribution >= 4 is 11.8 Å². The molecule has 2 aromatic rings. The third-order valence-corrected chi connectivity index (χ3v) is 5.54. The third kappa shape index (κ3) is 6.49. The molecular formula is C26H34N2O4. The standard InChI is InChI=1S/C26H34N2O4/c1-4-22(26(30)27-19(2)3)28(15-14-20-8-6-5-7-9-20)25(29)13-11-21-10-12-23-24(18-21)32-17-16-31-23/h5-10,12,18-19,22H,4,11,13-17H2,1-3H3,(H,27,30). The molecule has 6 heteroatoms. The smallest absolute Gasteiger partial charge is 0.242 e. The number of ether oxygens (including phenoxy) is 2. The first-order valence-electron chi connectivity index (χ1n) is 11.5. The number of amides is 2. The summed E-state index contributed by atoms with van der Waals surface area (Å²) in [6.07, 6.45) is 2.20. The van der Waals surface area contributed by atoms with Crippen molar-refractivity contribution < 1.29 is 19.1 Å². The Morgan fingerprint density at radius 3 is 2.38 bits per heavy atom. The molecule has 0 saturated carbocycles. The largest absolute Gasteiger partial charge is 0.486 e. The van der Waals surface area contributed by atoms with Crippen LogP contribution in [0.25, 0.3) is 0 Å². The highest BCUT2D eigenvalue weighted by atomic mass is 16.6. The Labute approximate surface area is 190 Å². The molecule has 1 N–H and O–H groups in total. The fourth-order valence-corrected chi connectivity index (χ4v) is 3.91. The summed E-state index contributed by atoms with van der Waals surface area (Å²) in [4.78, 5) is 27.9. The quantitative estimate of drug-likeness (QED) is 0.613. The van der Waals surface area contributed by atoms with Crippen LogP contribution >= 0.6 is 0 Å². The number of benzene rings is 2. The van der Waals surface area contributed by atoms with Crippen molar-refractivity contribution in [3.8, 4) is 11.5 Å². The molecule has 1 aliphatic heterocycles. The van der Waals surface area contributed by atoms with Gasteiger partial charge in [0, 0.05) is 19.0 Å². The summed E-state index contributed by atoms with van der Waals surface area (Å²) in [5.74, 6) is 1.36. The van der Waals surface area contributed by atoms with Gasteiger partial charge in [0.05, 0.1) is 0 Å². The molecule has 0 bridgehead atoms. The van der Waals surface area contributed by atoms with Gasteiger partial charge in [0.25, 0.3) is 0 Å². The molecule has 0 aromatic heterocycles. The van der Waals surface area contributed by atoms with Crippen molar-refractivity contribution in [2.45, 2.75) is 58.5 Å². The number of carbonyl (C=O) groups is 2. The van der Waals surface area contributed by atoms with E-state index in [4.69, 9.17) is 9.47 Å². The molecule has 0 spiro atoms. The maximum Gasteiger partial charge on any atom is 0.242 e. The van der Waals surface area contributed by atoms with Crippen molar-refractivity contribution in [3.63, 3.8) is 0 Å². The van der Waals surface area contributed by atoms with Gasteiger partial charge in [-0.15, -0.1) is 0 Å². The topological polar surface area (TPSA) is 67.9 Å². The number of hydrogen-bond donors (Lipinski definition) is 1. The number of hydrogen-bond acceptors (Lipinski definition) is 4. The van der Waals surface area contributed by atoms with Gasteiger partial charge in [-0.2, -0.15) is 0 Å². The summed E-state index contributed by atoms with van der Waals surface area (Å²) in [5.41, 5.74) is 2.17. The lowest BCUT2D eigenvalue weighted by Gasteiger charge is -2.31. The second-order valence-electron chi connectivity index (χ2n) is 8.39. The van der Waals surface area contributed by atoms with Crippen LogP contribution in [0.4, 0.5) is 0 Å². The second kappa shape index (κ2) is 11.6. The Morgan fingerprint density at radius 2 is 1.69 bits per heavy atom. The summed E-state index contributed by atoms with van der Waals surface area (Å²) in [6, 6.07) is 15.4. The predicted molar refractivity (Wildman–Crippen MR) is 125 cm³/mol. The zero-order chi connectivity index (χ0) is 22.9. The van der Waals surface area contributed by atoms with Crippen LogP contribution in [0.2, 0.25) is 0 Å². The van der Waals surface area contributed by atoms with Crippen LogP contribution in [0.5, 0.6) is 11.5 Å². The van der Waals surface area contributed by atoms with E-state index in [1.807, 2.05) is 69.3 Å². The zero-order valence-corrected chi connectivity index (χ0v) is 19.3. The minimum atomic E-state index is -0.478. The molecule has 1 aliphatic rings. The molecule has 0 radical (unpaired) electrons. The molecule has 1 atom stereocenters. The average Bonchev–Trinajstić information content (AvgIpc) is 2.80. The molecule has 0 fully saturated rings. The SMILES string of the molecule is CCC(C(=O)NC(C)C)N(CCc1ccccc1)C(=O)CCc1ccc2c(c1)OCCO2. The molecule has 2 aromatic carbocycles. The van der Waals surface area contributed by atoms with E-state index in [2.05, 4.69) is 5.32 Å².